The summed E-state index contributed by atoms with van der Waals surface area (Å²) in [6, 6.07) is 15.4. The summed E-state index contributed by atoms with van der Waals surface area (Å²) in [5.41, 5.74) is 0. The Morgan fingerprint density at radius 2 is 1.22 bits per heavy atom. The van der Waals surface area contributed by atoms with Crippen molar-refractivity contribution < 1.29 is 16.8 Å². The Hall–Kier alpha value is -2.12. The third kappa shape index (κ3) is 4.25. The fourth-order valence-corrected chi connectivity index (χ4v) is 6.83. The van der Waals surface area contributed by atoms with Crippen LogP contribution in [-0.2, 0) is 19.7 Å². The second-order valence-corrected chi connectivity index (χ2v) is 10.9. The van der Waals surface area contributed by atoms with Gasteiger partial charge < -0.3 is 4.90 Å². The molecule has 0 bridgehead atoms. The molecule has 3 rings (SSSR count). The fourth-order valence-electron chi connectivity index (χ4n) is 3.02. The molecule has 1 heterocycles. The van der Waals surface area contributed by atoms with Gasteiger partial charge in [-0.25, -0.2) is 16.8 Å². The molecule has 1 aliphatic heterocycles. The van der Waals surface area contributed by atoms with Crippen molar-refractivity contribution in [2.24, 2.45) is 5.92 Å². The van der Waals surface area contributed by atoms with Crippen molar-refractivity contribution >= 4 is 19.7 Å². The molecular weight excluding hydrogens is 382 g/mol. The first-order valence-corrected chi connectivity index (χ1v) is 11.8. The lowest BCUT2D eigenvalue weighted by atomic mass is 10.00. The summed E-state index contributed by atoms with van der Waals surface area (Å²) in [5.74, 6) is 0.551. The molecule has 1 saturated heterocycles. The first-order chi connectivity index (χ1) is 12.8. The average molecular weight is 406 g/mol. The van der Waals surface area contributed by atoms with Gasteiger partial charge in [0.15, 0.2) is 4.24 Å². The molecule has 0 saturated carbocycles. The first-order valence-electron chi connectivity index (χ1n) is 8.88. The number of sulfone groups is 2. The summed E-state index contributed by atoms with van der Waals surface area (Å²) in [6.45, 7) is 3.42. The number of nitrogens with zero attached hydrogens (tertiary/aromatic N) is 1. The first kappa shape index (κ1) is 19.6. The Labute approximate surface area is 161 Å². The second kappa shape index (κ2) is 7.86. The third-order valence-electron chi connectivity index (χ3n) is 4.74. The van der Waals surface area contributed by atoms with E-state index in [0.717, 1.165) is 12.8 Å². The van der Waals surface area contributed by atoms with E-state index in [2.05, 4.69) is 6.92 Å². The van der Waals surface area contributed by atoms with Gasteiger partial charge in [-0.2, -0.15) is 0 Å². The van der Waals surface area contributed by atoms with Crippen molar-refractivity contribution in [3.63, 3.8) is 0 Å². The Bertz CT molecular complexity index is 935. The van der Waals surface area contributed by atoms with Gasteiger partial charge in [-0.1, -0.05) is 43.3 Å². The van der Waals surface area contributed by atoms with Gasteiger partial charge in [-0.15, -0.1) is 0 Å². The molecule has 1 aliphatic rings. The van der Waals surface area contributed by atoms with Crippen molar-refractivity contribution in [3.8, 4) is 0 Å². The monoisotopic (exact) mass is 405 g/mol. The molecule has 0 aromatic heterocycles. The highest BCUT2D eigenvalue weighted by atomic mass is 32.3. The van der Waals surface area contributed by atoms with Crippen LogP contribution >= 0.6 is 0 Å². The predicted octanol–water partition coefficient (Wildman–Crippen LogP) is 3.47. The van der Waals surface area contributed by atoms with E-state index in [9.17, 15) is 16.8 Å². The zero-order valence-corrected chi connectivity index (χ0v) is 16.8. The van der Waals surface area contributed by atoms with Gasteiger partial charge in [0.25, 0.3) is 0 Å². The lowest BCUT2D eigenvalue weighted by molar-refractivity contribution is 0.255. The van der Waals surface area contributed by atoms with Crippen LogP contribution in [0.2, 0.25) is 0 Å². The van der Waals surface area contributed by atoms with Gasteiger partial charge in [-0.3, -0.25) is 0 Å². The number of hydrogen-bond acceptors (Lipinski definition) is 5. The van der Waals surface area contributed by atoms with E-state index in [1.807, 2.05) is 0 Å². The molecule has 2 aromatic carbocycles. The van der Waals surface area contributed by atoms with Crippen LogP contribution in [-0.4, -0.2) is 34.8 Å². The summed E-state index contributed by atoms with van der Waals surface area (Å²) in [6.07, 6.45) is 3.12. The molecule has 0 unspecified atom stereocenters. The number of likely N-dealkylation sites (tertiary alicyclic amines) is 1. The van der Waals surface area contributed by atoms with Crippen molar-refractivity contribution in [1.82, 2.24) is 4.90 Å². The summed E-state index contributed by atoms with van der Waals surface area (Å²) in [7, 11) is -8.38. The van der Waals surface area contributed by atoms with E-state index in [1.165, 1.54) is 30.5 Å². The molecule has 144 valence electrons. The summed E-state index contributed by atoms with van der Waals surface area (Å²) in [4.78, 5) is 1.75. The Kier molecular flexibility index (Phi) is 5.72. The van der Waals surface area contributed by atoms with Gasteiger partial charge in [0.2, 0.25) is 19.7 Å². The molecule has 0 radical (unpaired) electrons. The van der Waals surface area contributed by atoms with Gasteiger partial charge in [0, 0.05) is 19.3 Å². The predicted molar refractivity (Wildman–Crippen MR) is 105 cm³/mol. The van der Waals surface area contributed by atoms with Gasteiger partial charge in [-0.05, 0) is 43.0 Å². The van der Waals surface area contributed by atoms with E-state index in [-0.39, 0.29) is 9.79 Å². The van der Waals surface area contributed by atoms with Crippen LogP contribution in [0.15, 0.2) is 80.9 Å². The lowest BCUT2D eigenvalue weighted by Gasteiger charge is -2.29. The average Bonchev–Trinajstić information content (AvgIpc) is 2.68. The van der Waals surface area contributed by atoms with E-state index in [0.29, 0.717) is 19.0 Å². The van der Waals surface area contributed by atoms with E-state index in [1.54, 1.807) is 41.3 Å². The third-order valence-corrected chi connectivity index (χ3v) is 9.12. The number of piperidine rings is 1. The topological polar surface area (TPSA) is 71.5 Å². The normalized spacial score (nSPS) is 16.1. The van der Waals surface area contributed by atoms with Crippen molar-refractivity contribution in [3.05, 3.63) is 71.1 Å². The molecule has 1 fully saturated rings. The zero-order chi connectivity index (χ0) is 19.5. The van der Waals surface area contributed by atoms with Crippen LogP contribution in [0.25, 0.3) is 0 Å². The van der Waals surface area contributed by atoms with E-state index >= 15 is 0 Å². The van der Waals surface area contributed by atoms with Crippen molar-refractivity contribution in [2.75, 3.05) is 13.1 Å². The summed E-state index contributed by atoms with van der Waals surface area (Å²) >= 11 is 0. The SMILES string of the molecule is CC1CCN(C=C(S(=O)(=O)c2ccccc2)S(=O)(=O)c2ccccc2)CC1. The molecule has 7 heteroatoms. The molecule has 27 heavy (non-hydrogen) atoms. The van der Waals surface area contributed by atoms with Gasteiger partial charge in [0.05, 0.1) is 9.79 Å². The molecule has 2 aromatic rings. The van der Waals surface area contributed by atoms with Crippen LogP contribution in [0.3, 0.4) is 0 Å². The minimum Gasteiger partial charge on any atom is -0.376 e. The van der Waals surface area contributed by atoms with Crippen molar-refractivity contribution in [1.29, 1.82) is 0 Å². The minimum atomic E-state index is -4.19. The highest BCUT2D eigenvalue weighted by molar-refractivity contribution is 8.14. The van der Waals surface area contributed by atoms with Crippen LogP contribution in [0, 0.1) is 5.92 Å². The lowest BCUT2D eigenvalue weighted by Crippen LogP contribution is -2.30. The van der Waals surface area contributed by atoms with Crippen LogP contribution in [0.4, 0.5) is 0 Å². The summed E-state index contributed by atoms with van der Waals surface area (Å²) < 4.78 is 52.3. The fraction of sp³-hybridized carbons (Fsp3) is 0.300. The molecule has 0 atom stereocenters. The number of rotatable bonds is 5. The standard InChI is InChI=1S/C20H23NO4S2/c1-17-12-14-21(15-13-17)16-20(26(22,23)18-8-4-2-5-9-18)27(24,25)19-10-6-3-7-11-19/h2-11,16-17H,12-15H2,1H3. The number of benzene rings is 2. The minimum absolute atomic E-state index is 0.0267. The largest absolute Gasteiger partial charge is 0.376 e. The van der Waals surface area contributed by atoms with Crippen molar-refractivity contribution in [2.45, 2.75) is 29.6 Å². The van der Waals surface area contributed by atoms with Crippen LogP contribution in [0.1, 0.15) is 19.8 Å². The Morgan fingerprint density at radius 3 is 1.63 bits per heavy atom. The summed E-state index contributed by atoms with van der Waals surface area (Å²) in [5, 5.41) is 0. The van der Waals surface area contributed by atoms with Gasteiger partial charge >= 0.3 is 0 Å². The van der Waals surface area contributed by atoms with Crippen LogP contribution in [0.5, 0.6) is 0 Å². The quantitative estimate of drug-likeness (QED) is 0.762. The van der Waals surface area contributed by atoms with E-state index < -0.39 is 23.9 Å². The van der Waals surface area contributed by atoms with Crippen LogP contribution < -0.4 is 0 Å². The maximum atomic E-state index is 13.2. The van der Waals surface area contributed by atoms with Gasteiger partial charge in [0.1, 0.15) is 0 Å². The second-order valence-electron chi connectivity index (χ2n) is 6.80. The highest BCUT2D eigenvalue weighted by Gasteiger charge is 2.34. The molecule has 0 spiro atoms. The zero-order valence-electron chi connectivity index (χ0n) is 15.2. The van der Waals surface area contributed by atoms with E-state index in [4.69, 9.17) is 0 Å². The molecular formula is C20H23NO4S2. The molecule has 0 aliphatic carbocycles. The Balaban J connectivity index is 2.13. The number of hydrogen-bond donors (Lipinski definition) is 0. The highest BCUT2D eigenvalue weighted by Crippen LogP contribution is 2.30. The molecule has 5 nitrogen and oxygen atoms in total. The molecule has 0 amide bonds. The Morgan fingerprint density at radius 1 is 0.815 bits per heavy atom. The molecule has 0 N–H and O–H groups in total. The smallest absolute Gasteiger partial charge is 0.219 e. The maximum absolute atomic E-state index is 13.2. The maximum Gasteiger partial charge on any atom is 0.219 e.